The van der Waals surface area contributed by atoms with Crippen LogP contribution < -0.4 is 5.56 Å². The predicted octanol–water partition coefficient (Wildman–Crippen LogP) is 0.801. The second-order valence-electron chi connectivity index (χ2n) is 3.64. The topological polar surface area (TPSA) is 52.7 Å². The van der Waals surface area contributed by atoms with Crippen LogP contribution in [0.1, 0.15) is 5.69 Å². The van der Waals surface area contributed by atoms with Crippen LogP contribution in [0.2, 0.25) is 0 Å². The summed E-state index contributed by atoms with van der Waals surface area (Å²) in [4.78, 5) is 12.1. The van der Waals surface area contributed by atoms with Gasteiger partial charge in [0.2, 0.25) is 0 Å². The molecule has 0 N–H and O–H groups in total. The summed E-state index contributed by atoms with van der Waals surface area (Å²) in [5.41, 5.74) is 1.42. The molecule has 0 aliphatic carbocycles. The normalized spacial score (nSPS) is 11.2. The van der Waals surface area contributed by atoms with E-state index in [4.69, 9.17) is 0 Å². The first-order valence-corrected chi connectivity index (χ1v) is 6.43. The van der Waals surface area contributed by atoms with Gasteiger partial charge in [-0.25, -0.2) is 4.68 Å². The highest BCUT2D eigenvalue weighted by Gasteiger charge is 2.11. The summed E-state index contributed by atoms with van der Waals surface area (Å²) in [5, 5.41) is 9.23. The average Bonchev–Trinajstić information content (AvgIpc) is 2.54. The summed E-state index contributed by atoms with van der Waals surface area (Å²) in [6.45, 7) is 2.52. The van der Waals surface area contributed by atoms with Crippen molar-refractivity contribution >= 4 is 22.7 Å². The van der Waals surface area contributed by atoms with E-state index in [1.54, 1.807) is 29.7 Å². The molecule has 5 nitrogen and oxygen atoms in total. The van der Waals surface area contributed by atoms with Gasteiger partial charge in [-0.15, -0.1) is 0 Å². The molecular weight excluding hydrogens is 224 g/mol. The highest BCUT2D eigenvalue weighted by atomic mass is 32.2. The third kappa shape index (κ3) is 1.73. The van der Waals surface area contributed by atoms with Gasteiger partial charge in [0, 0.05) is 18.2 Å². The molecule has 2 heterocycles. The molecule has 0 bridgehead atoms. The van der Waals surface area contributed by atoms with Crippen LogP contribution in [0, 0.1) is 6.92 Å². The van der Waals surface area contributed by atoms with E-state index >= 15 is 0 Å². The molecule has 16 heavy (non-hydrogen) atoms. The van der Waals surface area contributed by atoms with Crippen LogP contribution in [0.4, 0.5) is 0 Å². The standard InChI is InChI=1S/C10H14N4OS/c1-7-8-6-11-14(4-5-16-3)10(15)9(8)13(2)12-7/h6H,4-5H2,1-3H3. The van der Waals surface area contributed by atoms with Gasteiger partial charge in [-0.1, -0.05) is 0 Å². The fourth-order valence-electron chi connectivity index (χ4n) is 1.72. The van der Waals surface area contributed by atoms with Crippen molar-refractivity contribution in [1.29, 1.82) is 0 Å². The molecule has 2 rings (SSSR count). The first kappa shape index (κ1) is 11.2. The molecule has 0 aromatic carbocycles. The minimum absolute atomic E-state index is 0.0605. The highest BCUT2D eigenvalue weighted by Crippen LogP contribution is 2.11. The van der Waals surface area contributed by atoms with Gasteiger partial charge in [0.15, 0.2) is 0 Å². The van der Waals surface area contributed by atoms with Gasteiger partial charge in [-0.05, 0) is 13.2 Å². The second kappa shape index (κ2) is 4.29. The number of fused-ring (bicyclic) bond motifs is 1. The van der Waals surface area contributed by atoms with Crippen LogP contribution in [-0.4, -0.2) is 31.6 Å². The zero-order chi connectivity index (χ0) is 11.7. The minimum atomic E-state index is -0.0605. The minimum Gasteiger partial charge on any atom is -0.265 e. The summed E-state index contributed by atoms with van der Waals surface area (Å²) in [6, 6.07) is 0. The lowest BCUT2D eigenvalue weighted by Gasteiger charge is -2.03. The molecule has 2 aromatic rings. The number of aromatic nitrogens is 4. The van der Waals surface area contributed by atoms with E-state index in [-0.39, 0.29) is 5.56 Å². The van der Waals surface area contributed by atoms with Gasteiger partial charge < -0.3 is 0 Å². The third-order valence-electron chi connectivity index (χ3n) is 2.54. The van der Waals surface area contributed by atoms with Crippen molar-refractivity contribution < 1.29 is 0 Å². The van der Waals surface area contributed by atoms with Crippen molar-refractivity contribution in [2.75, 3.05) is 12.0 Å². The number of aryl methyl sites for hydroxylation is 3. The fraction of sp³-hybridized carbons (Fsp3) is 0.500. The molecule has 0 saturated heterocycles. The van der Waals surface area contributed by atoms with Crippen molar-refractivity contribution in [3.8, 4) is 0 Å². The largest absolute Gasteiger partial charge is 0.292 e. The van der Waals surface area contributed by atoms with Crippen LogP contribution >= 0.6 is 11.8 Å². The lowest BCUT2D eigenvalue weighted by molar-refractivity contribution is 0.624. The molecule has 0 aliphatic heterocycles. The number of nitrogens with zero attached hydrogens (tertiary/aromatic N) is 4. The molecule has 86 valence electrons. The second-order valence-corrected chi connectivity index (χ2v) is 4.62. The van der Waals surface area contributed by atoms with E-state index in [2.05, 4.69) is 10.2 Å². The number of thioether (sulfide) groups is 1. The van der Waals surface area contributed by atoms with Crippen molar-refractivity contribution in [2.24, 2.45) is 7.05 Å². The molecule has 0 unspecified atom stereocenters. The number of rotatable bonds is 3. The maximum Gasteiger partial charge on any atom is 0.292 e. The number of hydrogen-bond donors (Lipinski definition) is 0. The molecule has 0 radical (unpaired) electrons. The van der Waals surface area contributed by atoms with Crippen molar-refractivity contribution in [3.05, 3.63) is 22.2 Å². The van der Waals surface area contributed by atoms with Crippen molar-refractivity contribution in [1.82, 2.24) is 19.6 Å². The first-order valence-electron chi connectivity index (χ1n) is 5.03. The van der Waals surface area contributed by atoms with E-state index in [1.807, 2.05) is 13.2 Å². The Kier molecular flexibility index (Phi) is 3.00. The highest BCUT2D eigenvalue weighted by molar-refractivity contribution is 7.98. The van der Waals surface area contributed by atoms with Crippen LogP contribution in [-0.2, 0) is 13.6 Å². The smallest absolute Gasteiger partial charge is 0.265 e. The van der Waals surface area contributed by atoms with Gasteiger partial charge in [0.05, 0.1) is 18.4 Å². The molecule has 0 saturated carbocycles. The van der Waals surface area contributed by atoms with Crippen LogP contribution in [0.25, 0.3) is 10.9 Å². The maximum absolute atomic E-state index is 12.1. The lowest BCUT2D eigenvalue weighted by atomic mass is 10.3. The van der Waals surface area contributed by atoms with Gasteiger partial charge in [0.1, 0.15) is 5.52 Å². The van der Waals surface area contributed by atoms with Gasteiger partial charge >= 0.3 is 0 Å². The van der Waals surface area contributed by atoms with E-state index < -0.39 is 0 Å². The molecule has 0 atom stereocenters. The Labute approximate surface area is 97.4 Å². The van der Waals surface area contributed by atoms with Crippen molar-refractivity contribution in [3.63, 3.8) is 0 Å². The average molecular weight is 238 g/mol. The molecule has 6 heteroatoms. The first-order chi connectivity index (χ1) is 7.65. The molecule has 0 spiro atoms. The maximum atomic E-state index is 12.1. The molecule has 0 fully saturated rings. The summed E-state index contributed by atoms with van der Waals surface area (Å²) in [7, 11) is 1.79. The van der Waals surface area contributed by atoms with Gasteiger partial charge in [-0.2, -0.15) is 22.0 Å². The van der Waals surface area contributed by atoms with Gasteiger partial charge in [-0.3, -0.25) is 9.48 Å². The Morgan fingerprint density at radius 3 is 2.94 bits per heavy atom. The van der Waals surface area contributed by atoms with Crippen LogP contribution in [0.3, 0.4) is 0 Å². The molecule has 0 amide bonds. The van der Waals surface area contributed by atoms with Gasteiger partial charge in [0.25, 0.3) is 5.56 Å². The van der Waals surface area contributed by atoms with E-state index in [0.29, 0.717) is 12.1 Å². The number of hydrogen-bond acceptors (Lipinski definition) is 4. The Morgan fingerprint density at radius 1 is 1.50 bits per heavy atom. The van der Waals surface area contributed by atoms with Crippen molar-refractivity contribution in [2.45, 2.75) is 13.5 Å². The van der Waals surface area contributed by atoms with E-state index in [1.165, 1.54) is 4.68 Å². The zero-order valence-corrected chi connectivity index (χ0v) is 10.4. The Bertz CT molecular complexity index is 572. The Hall–Kier alpha value is -1.30. The third-order valence-corrected chi connectivity index (χ3v) is 3.13. The van der Waals surface area contributed by atoms with E-state index in [9.17, 15) is 4.79 Å². The Morgan fingerprint density at radius 2 is 2.25 bits per heavy atom. The lowest BCUT2D eigenvalue weighted by Crippen LogP contribution is -2.25. The zero-order valence-electron chi connectivity index (χ0n) is 9.60. The SMILES string of the molecule is CSCCn1ncc2c(C)nn(C)c2c1=O. The summed E-state index contributed by atoms with van der Waals surface area (Å²) >= 11 is 1.70. The summed E-state index contributed by atoms with van der Waals surface area (Å²) in [5.74, 6) is 0.884. The summed E-state index contributed by atoms with van der Waals surface area (Å²) < 4.78 is 3.13. The monoisotopic (exact) mass is 238 g/mol. The van der Waals surface area contributed by atoms with Crippen LogP contribution in [0.15, 0.2) is 11.0 Å². The predicted molar refractivity (Wildman–Crippen MR) is 65.9 cm³/mol. The van der Waals surface area contributed by atoms with E-state index in [0.717, 1.165) is 16.8 Å². The summed E-state index contributed by atoms with van der Waals surface area (Å²) in [6.07, 6.45) is 3.73. The molecular formula is C10H14N4OS. The quantitative estimate of drug-likeness (QED) is 0.793. The Balaban J connectivity index is 2.60. The molecule has 2 aromatic heterocycles. The fourth-order valence-corrected chi connectivity index (χ4v) is 2.08. The van der Waals surface area contributed by atoms with Crippen LogP contribution in [0.5, 0.6) is 0 Å². The molecule has 0 aliphatic rings.